The van der Waals surface area contributed by atoms with Gasteiger partial charge in [0, 0.05) is 12.3 Å². The van der Waals surface area contributed by atoms with Crippen LogP contribution in [0.15, 0.2) is 4.52 Å². The molecule has 0 aliphatic heterocycles. The van der Waals surface area contributed by atoms with Crippen LogP contribution in [-0.2, 0) is 11.3 Å². The zero-order valence-corrected chi connectivity index (χ0v) is 12.2. The first-order valence-electron chi connectivity index (χ1n) is 7.21. The fourth-order valence-corrected chi connectivity index (χ4v) is 2.04. The molecule has 0 spiro atoms. The molecule has 1 aliphatic carbocycles. The van der Waals surface area contributed by atoms with E-state index in [-0.39, 0.29) is 11.8 Å². The van der Waals surface area contributed by atoms with Crippen LogP contribution in [0.2, 0.25) is 0 Å². The Morgan fingerprint density at radius 2 is 2.20 bits per heavy atom. The Labute approximate surface area is 118 Å². The molecule has 1 aromatic rings. The normalized spacial score (nSPS) is 15.5. The number of aromatic nitrogens is 2. The number of carboxylic acids is 1. The zero-order valence-electron chi connectivity index (χ0n) is 12.2. The molecule has 0 amide bonds. The van der Waals surface area contributed by atoms with Gasteiger partial charge in [-0.3, -0.25) is 4.79 Å². The number of carboxylic acid groups (broad SMARTS) is 1. The van der Waals surface area contributed by atoms with Crippen LogP contribution in [0.25, 0.3) is 0 Å². The molecule has 0 unspecified atom stereocenters. The molecule has 0 radical (unpaired) electrons. The minimum Gasteiger partial charge on any atom is -0.481 e. The van der Waals surface area contributed by atoms with E-state index in [1.165, 1.54) is 12.8 Å². The van der Waals surface area contributed by atoms with Crippen molar-refractivity contribution in [3.63, 3.8) is 0 Å². The maximum atomic E-state index is 10.6. The van der Waals surface area contributed by atoms with E-state index in [4.69, 9.17) is 9.63 Å². The molecule has 1 aliphatic rings. The average Bonchev–Trinajstić information content (AvgIpc) is 3.13. The second kappa shape index (κ2) is 6.35. The zero-order chi connectivity index (χ0) is 14.6. The highest BCUT2D eigenvalue weighted by Crippen LogP contribution is 2.38. The summed E-state index contributed by atoms with van der Waals surface area (Å²) < 4.78 is 5.18. The predicted octanol–water partition coefficient (Wildman–Crippen LogP) is 2.32. The molecule has 0 saturated heterocycles. The molecule has 112 valence electrons. The van der Waals surface area contributed by atoms with Gasteiger partial charge in [-0.2, -0.15) is 4.98 Å². The first-order chi connectivity index (χ1) is 9.46. The van der Waals surface area contributed by atoms with Crippen LogP contribution in [0.3, 0.4) is 0 Å². The molecule has 6 nitrogen and oxygen atoms in total. The van der Waals surface area contributed by atoms with Crippen molar-refractivity contribution in [3.05, 3.63) is 11.7 Å². The van der Waals surface area contributed by atoms with Crippen molar-refractivity contribution in [1.82, 2.24) is 15.5 Å². The van der Waals surface area contributed by atoms with Crippen molar-refractivity contribution < 1.29 is 14.4 Å². The first-order valence-corrected chi connectivity index (χ1v) is 7.21. The molecule has 0 atom stereocenters. The molecule has 2 rings (SSSR count). The van der Waals surface area contributed by atoms with Crippen LogP contribution in [0.5, 0.6) is 0 Å². The SMILES string of the molecule is CC(C)(CCNCc1nc(C2CC2)no1)CCC(=O)O. The van der Waals surface area contributed by atoms with E-state index in [9.17, 15) is 4.79 Å². The van der Waals surface area contributed by atoms with Crippen LogP contribution in [0.4, 0.5) is 0 Å². The van der Waals surface area contributed by atoms with Gasteiger partial charge in [0.15, 0.2) is 5.82 Å². The summed E-state index contributed by atoms with van der Waals surface area (Å²) in [6.45, 7) is 5.58. The van der Waals surface area contributed by atoms with Gasteiger partial charge >= 0.3 is 5.97 Å². The largest absolute Gasteiger partial charge is 0.481 e. The van der Waals surface area contributed by atoms with Gasteiger partial charge in [0.1, 0.15) is 0 Å². The summed E-state index contributed by atoms with van der Waals surface area (Å²) in [4.78, 5) is 14.9. The second-order valence-electron chi connectivity index (χ2n) is 6.31. The third-order valence-electron chi connectivity index (χ3n) is 3.70. The van der Waals surface area contributed by atoms with E-state index < -0.39 is 5.97 Å². The van der Waals surface area contributed by atoms with Crippen LogP contribution in [-0.4, -0.2) is 27.8 Å². The van der Waals surface area contributed by atoms with Crippen LogP contribution >= 0.6 is 0 Å². The average molecular weight is 281 g/mol. The number of hydrogen-bond acceptors (Lipinski definition) is 5. The minimum atomic E-state index is -0.732. The lowest BCUT2D eigenvalue weighted by Gasteiger charge is -2.23. The molecule has 6 heteroatoms. The fraction of sp³-hybridized carbons (Fsp3) is 0.786. The topological polar surface area (TPSA) is 88.3 Å². The Bertz CT molecular complexity index is 452. The summed E-state index contributed by atoms with van der Waals surface area (Å²) in [6.07, 6.45) is 4.18. The summed E-state index contributed by atoms with van der Waals surface area (Å²) in [5.74, 6) is 1.26. The fourth-order valence-electron chi connectivity index (χ4n) is 2.04. The highest BCUT2D eigenvalue weighted by Gasteiger charge is 2.28. The van der Waals surface area contributed by atoms with Crippen molar-refractivity contribution in [2.75, 3.05) is 6.54 Å². The van der Waals surface area contributed by atoms with E-state index in [0.29, 0.717) is 24.8 Å². The molecule has 1 aromatic heterocycles. The number of carbonyl (C=O) groups is 1. The van der Waals surface area contributed by atoms with Gasteiger partial charge < -0.3 is 14.9 Å². The Morgan fingerprint density at radius 1 is 1.45 bits per heavy atom. The molecule has 1 saturated carbocycles. The predicted molar refractivity (Wildman–Crippen MR) is 73.2 cm³/mol. The molecule has 0 bridgehead atoms. The number of hydrogen-bond donors (Lipinski definition) is 2. The van der Waals surface area contributed by atoms with Crippen molar-refractivity contribution in [3.8, 4) is 0 Å². The smallest absolute Gasteiger partial charge is 0.303 e. The minimum absolute atomic E-state index is 0.0272. The van der Waals surface area contributed by atoms with Gasteiger partial charge in [-0.1, -0.05) is 19.0 Å². The summed E-state index contributed by atoms with van der Waals surface area (Å²) in [7, 11) is 0. The number of nitrogens with zero attached hydrogens (tertiary/aromatic N) is 2. The van der Waals surface area contributed by atoms with Crippen molar-refractivity contribution >= 4 is 5.97 Å². The van der Waals surface area contributed by atoms with Crippen molar-refractivity contribution in [2.45, 2.75) is 58.4 Å². The molecule has 1 heterocycles. The maximum Gasteiger partial charge on any atom is 0.303 e. The number of rotatable bonds is 9. The van der Waals surface area contributed by atoms with E-state index in [1.807, 2.05) is 0 Å². The molecule has 2 N–H and O–H groups in total. The lowest BCUT2D eigenvalue weighted by atomic mass is 9.84. The van der Waals surface area contributed by atoms with Crippen molar-refractivity contribution in [1.29, 1.82) is 0 Å². The summed E-state index contributed by atoms with van der Waals surface area (Å²) >= 11 is 0. The lowest BCUT2D eigenvalue weighted by molar-refractivity contribution is -0.137. The van der Waals surface area contributed by atoms with Gasteiger partial charge in [-0.25, -0.2) is 0 Å². The summed E-state index contributed by atoms with van der Waals surface area (Å²) in [5, 5.41) is 15.9. The summed E-state index contributed by atoms with van der Waals surface area (Å²) in [6, 6.07) is 0. The molecule has 0 aromatic carbocycles. The monoisotopic (exact) mass is 281 g/mol. The Hall–Kier alpha value is -1.43. The Morgan fingerprint density at radius 3 is 2.85 bits per heavy atom. The van der Waals surface area contributed by atoms with Gasteiger partial charge in [-0.05, 0) is 37.6 Å². The molecule has 20 heavy (non-hydrogen) atoms. The van der Waals surface area contributed by atoms with Gasteiger partial charge in [0.25, 0.3) is 0 Å². The lowest BCUT2D eigenvalue weighted by Crippen LogP contribution is -2.23. The van der Waals surface area contributed by atoms with Gasteiger partial charge in [0.2, 0.25) is 5.89 Å². The first kappa shape index (κ1) is 15.0. The van der Waals surface area contributed by atoms with E-state index in [2.05, 4.69) is 29.3 Å². The van der Waals surface area contributed by atoms with Crippen LogP contribution in [0.1, 0.15) is 63.6 Å². The van der Waals surface area contributed by atoms with Crippen molar-refractivity contribution in [2.24, 2.45) is 5.41 Å². The highest BCUT2D eigenvalue weighted by molar-refractivity contribution is 5.66. The van der Waals surface area contributed by atoms with Crippen LogP contribution in [0, 0.1) is 5.41 Å². The third-order valence-corrected chi connectivity index (χ3v) is 3.70. The molecular weight excluding hydrogens is 258 g/mol. The van der Waals surface area contributed by atoms with E-state index in [1.54, 1.807) is 0 Å². The second-order valence-corrected chi connectivity index (χ2v) is 6.31. The number of aliphatic carboxylic acids is 1. The Balaban J connectivity index is 1.63. The van der Waals surface area contributed by atoms with Gasteiger partial charge in [-0.15, -0.1) is 0 Å². The standard InChI is InChI=1S/C14H23N3O3/c1-14(2,6-5-12(18)19)7-8-15-9-11-16-13(17-20-11)10-3-4-10/h10,15H,3-9H2,1-2H3,(H,18,19). The van der Waals surface area contributed by atoms with E-state index in [0.717, 1.165) is 18.8 Å². The molecule has 1 fully saturated rings. The molecular formula is C14H23N3O3. The quantitative estimate of drug-likeness (QED) is 0.675. The summed E-state index contributed by atoms with van der Waals surface area (Å²) in [5.41, 5.74) is 0.0272. The Kier molecular flexibility index (Phi) is 4.75. The number of nitrogens with one attached hydrogen (secondary N) is 1. The van der Waals surface area contributed by atoms with E-state index >= 15 is 0 Å². The van der Waals surface area contributed by atoms with Crippen LogP contribution < -0.4 is 5.32 Å². The highest BCUT2D eigenvalue weighted by atomic mass is 16.5. The maximum absolute atomic E-state index is 10.6. The van der Waals surface area contributed by atoms with Gasteiger partial charge in [0.05, 0.1) is 6.54 Å². The third kappa shape index (κ3) is 4.92.